The number of nitrogens with one attached hydrogen (secondary N) is 1. The Bertz CT molecular complexity index is 965. The lowest BCUT2D eigenvalue weighted by Gasteiger charge is -2.11. The van der Waals surface area contributed by atoms with E-state index in [1.165, 1.54) is 0 Å². The third-order valence-corrected chi connectivity index (χ3v) is 4.26. The molecule has 3 aromatic rings. The van der Waals surface area contributed by atoms with Gasteiger partial charge in [0.25, 0.3) is 0 Å². The van der Waals surface area contributed by atoms with Crippen LogP contribution < -0.4 is 10.1 Å². The first-order valence-corrected chi connectivity index (χ1v) is 8.69. The van der Waals surface area contributed by atoms with E-state index < -0.39 is 0 Å². The van der Waals surface area contributed by atoms with Crippen molar-refractivity contribution < 1.29 is 13.9 Å². The average Bonchev–Trinajstić information content (AvgIpc) is 2.97. The van der Waals surface area contributed by atoms with Gasteiger partial charge in [-0.15, -0.1) is 0 Å². The Morgan fingerprint density at radius 2 is 1.92 bits per heavy atom. The second-order valence-electron chi connectivity index (χ2n) is 6.38. The van der Waals surface area contributed by atoms with Gasteiger partial charge >= 0.3 is 0 Å². The number of carbonyl (C=O) groups excluding carboxylic acids is 1. The summed E-state index contributed by atoms with van der Waals surface area (Å²) in [5, 5.41) is 3.91. The lowest BCUT2D eigenvalue weighted by molar-refractivity contribution is -0.111. The summed E-state index contributed by atoms with van der Waals surface area (Å²) in [6.07, 6.45) is 3.33. The zero-order chi connectivity index (χ0) is 18.7. The molecule has 1 amide bonds. The topological polar surface area (TPSA) is 51.5 Å². The van der Waals surface area contributed by atoms with Crippen molar-refractivity contribution in [2.24, 2.45) is 0 Å². The molecular formula is C22H23NO3. The van der Waals surface area contributed by atoms with Crippen molar-refractivity contribution in [1.29, 1.82) is 0 Å². The van der Waals surface area contributed by atoms with Gasteiger partial charge in [-0.05, 0) is 57.0 Å². The zero-order valence-corrected chi connectivity index (χ0v) is 15.6. The van der Waals surface area contributed by atoms with Crippen molar-refractivity contribution in [3.63, 3.8) is 0 Å². The molecule has 26 heavy (non-hydrogen) atoms. The van der Waals surface area contributed by atoms with Crippen LogP contribution in [0.15, 0.2) is 53.2 Å². The van der Waals surface area contributed by atoms with Crippen LogP contribution in [0.1, 0.15) is 30.5 Å². The Morgan fingerprint density at radius 3 is 2.62 bits per heavy atom. The molecule has 0 aliphatic rings. The quantitative estimate of drug-likeness (QED) is 0.620. The predicted octanol–water partition coefficient (Wildman–Crippen LogP) is 5.49. The molecule has 1 heterocycles. The van der Waals surface area contributed by atoms with E-state index >= 15 is 0 Å². The van der Waals surface area contributed by atoms with E-state index in [9.17, 15) is 4.79 Å². The number of hydrogen-bond donors (Lipinski definition) is 1. The molecule has 0 radical (unpaired) electrons. The average molecular weight is 349 g/mol. The van der Waals surface area contributed by atoms with E-state index in [0.29, 0.717) is 12.4 Å². The number of benzene rings is 2. The maximum Gasteiger partial charge on any atom is 0.248 e. The first-order valence-electron chi connectivity index (χ1n) is 8.69. The summed E-state index contributed by atoms with van der Waals surface area (Å²) in [7, 11) is 0. The van der Waals surface area contributed by atoms with Gasteiger partial charge in [-0.2, -0.15) is 0 Å². The molecule has 4 nitrogen and oxygen atoms in total. The third kappa shape index (κ3) is 3.80. The number of hydrogen-bond acceptors (Lipinski definition) is 3. The minimum atomic E-state index is -0.169. The summed E-state index contributed by atoms with van der Waals surface area (Å²) < 4.78 is 11.3. The van der Waals surface area contributed by atoms with Crippen LogP contribution in [0.25, 0.3) is 16.5 Å². The van der Waals surface area contributed by atoms with Crippen molar-refractivity contribution in [3.05, 3.63) is 65.4 Å². The van der Waals surface area contributed by atoms with Gasteiger partial charge in [-0.25, -0.2) is 0 Å². The molecule has 1 N–H and O–H groups in total. The van der Waals surface area contributed by atoms with E-state index in [4.69, 9.17) is 9.15 Å². The van der Waals surface area contributed by atoms with Gasteiger partial charge in [-0.3, -0.25) is 4.79 Å². The minimum absolute atomic E-state index is 0.169. The van der Waals surface area contributed by atoms with Crippen LogP contribution in [0.4, 0.5) is 5.69 Å². The van der Waals surface area contributed by atoms with Gasteiger partial charge in [0.2, 0.25) is 5.91 Å². The number of ether oxygens (including phenoxy) is 1. The zero-order valence-electron chi connectivity index (χ0n) is 15.6. The van der Waals surface area contributed by atoms with Crippen LogP contribution in [0, 0.1) is 13.8 Å². The third-order valence-electron chi connectivity index (χ3n) is 4.26. The molecule has 0 aliphatic carbocycles. The van der Waals surface area contributed by atoms with Crippen LogP contribution in [-0.4, -0.2) is 12.5 Å². The maximum atomic E-state index is 12.4. The molecule has 0 spiro atoms. The van der Waals surface area contributed by atoms with E-state index in [-0.39, 0.29) is 5.91 Å². The standard InChI is InChI=1S/C22H23NO3/c1-5-25-20-12-21-19(16(4)13-26-21)11-18(20)15(3)10-22(24)23-17-8-6-14(2)7-9-17/h6-13H,5H2,1-4H3,(H,23,24)/b15-10+. The second-order valence-corrected chi connectivity index (χ2v) is 6.38. The van der Waals surface area contributed by atoms with Crippen LogP contribution in [0.5, 0.6) is 5.75 Å². The largest absolute Gasteiger partial charge is 0.493 e. The van der Waals surface area contributed by atoms with Crippen LogP contribution >= 0.6 is 0 Å². The number of rotatable bonds is 5. The molecule has 3 rings (SSSR count). The van der Waals surface area contributed by atoms with Crippen molar-refractivity contribution in [3.8, 4) is 5.75 Å². The highest BCUT2D eigenvalue weighted by atomic mass is 16.5. The first kappa shape index (κ1) is 17.8. The number of aryl methyl sites for hydroxylation is 2. The molecule has 4 heteroatoms. The van der Waals surface area contributed by atoms with E-state index in [2.05, 4.69) is 5.32 Å². The number of anilines is 1. The molecule has 0 unspecified atom stereocenters. The molecule has 134 valence electrons. The summed E-state index contributed by atoms with van der Waals surface area (Å²) in [6, 6.07) is 11.6. The highest BCUT2D eigenvalue weighted by Crippen LogP contribution is 2.33. The van der Waals surface area contributed by atoms with Crippen molar-refractivity contribution in [2.75, 3.05) is 11.9 Å². The number of carbonyl (C=O) groups is 1. The summed E-state index contributed by atoms with van der Waals surface area (Å²) >= 11 is 0. The molecule has 0 aliphatic heterocycles. The Balaban J connectivity index is 1.91. The monoisotopic (exact) mass is 349 g/mol. The molecule has 0 fully saturated rings. The van der Waals surface area contributed by atoms with Crippen LogP contribution in [0.2, 0.25) is 0 Å². The van der Waals surface area contributed by atoms with Crippen LogP contribution in [-0.2, 0) is 4.79 Å². The normalized spacial score (nSPS) is 11.6. The van der Waals surface area contributed by atoms with E-state index in [1.54, 1.807) is 12.3 Å². The van der Waals surface area contributed by atoms with Gasteiger partial charge in [0, 0.05) is 28.8 Å². The summed E-state index contributed by atoms with van der Waals surface area (Å²) in [5.41, 5.74) is 5.49. The van der Waals surface area contributed by atoms with Crippen molar-refractivity contribution in [2.45, 2.75) is 27.7 Å². The Labute approximate surface area is 153 Å². The lowest BCUT2D eigenvalue weighted by Crippen LogP contribution is -2.08. The highest BCUT2D eigenvalue weighted by Gasteiger charge is 2.13. The summed E-state index contributed by atoms with van der Waals surface area (Å²) in [4.78, 5) is 12.4. The fourth-order valence-electron chi connectivity index (χ4n) is 2.85. The highest BCUT2D eigenvalue weighted by molar-refractivity contribution is 6.04. The van der Waals surface area contributed by atoms with Crippen molar-refractivity contribution >= 4 is 28.1 Å². The predicted molar refractivity (Wildman–Crippen MR) is 106 cm³/mol. The van der Waals surface area contributed by atoms with Gasteiger partial charge in [0.15, 0.2) is 0 Å². The molecule has 0 bridgehead atoms. The molecule has 1 aromatic heterocycles. The Kier molecular flexibility index (Phi) is 5.12. The number of fused-ring (bicyclic) bond motifs is 1. The minimum Gasteiger partial charge on any atom is -0.493 e. The molecule has 0 atom stereocenters. The maximum absolute atomic E-state index is 12.4. The van der Waals surface area contributed by atoms with Gasteiger partial charge < -0.3 is 14.5 Å². The first-order chi connectivity index (χ1) is 12.5. The summed E-state index contributed by atoms with van der Waals surface area (Å²) in [6.45, 7) is 8.40. The van der Waals surface area contributed by atoms with Gasteiger partial charge in [0.05, 0.1) is 12.9 Å². The summed E-state index contributed by atoms with van der Waals surface area (Å²) in [5.74, 6) is 0.545. The molecular weight excluding hydrogens is 326 g/mol. The lowest BCUT2D eigenvalue weighted by atomic mass is 10.0. The molecule has 0 saturated carbocycles. The van der Waals surface area contributed by atoms with Gasteiger partial charge in [0.1, 0.15) is 11.3 Å². The fourth-order valence-corrected chi connectivity index (χ4v) is 2.85. The smallest absolute Gasteiger partial charge is 0.248 e. The number of allylic oxidation sites excluding steroid dienone is 1. The van der Waals surface area contributed by atoms with E-state index in [1.807, 2.05) is 64.1 Å². The van der Waals surface area contributed by atoms with Crippen LogP contribution in [0.3, 0.4) is 0 Å². The number of amides is 1. The van der Waals surface area contributed by atoms with E-state index in [0.717, 1.165) is 38.9 Å². The molecule has 2 aromatic carbocycles. The Hall–Kier alpha value is -3.01. The van der Waals surface area contributed by atoms with Gasteiger partial charge in [-0.1, -0.05) is 17.7 Å². The molecule has 0 saturated heterocycles. The number of furan rings is 1. The fraction of sp³-hybridized carbons (Fsp3) is 0.227. The Morgan fingerprint density at radius 1 is 1.19 bits per heavy atom. The van der Waals surface area contributed by atoms with Crippen molar-refractivity contribution in [1.82, 2.24) is 0 Å². The second kappa shape index (κ2) is 7.48. The SMILES string of the molecule is CCOc1cc2occ(C)c2cc1/C(C)=C/C(=O)Nc1ccc(C)cc1.